The third kappa shape index (κ3) is 2.71. The van der Waals surface area contributed by atoms with Gasteiger partial charge in [-0.15, -0.1) is 0 Å². The molecule has 0 aromatic heterocycles. The molecule has 1 saturated heterocycles. The Balaban J connectivity index is 2.55. The van der Waals surface area contributed by atoms with E-state index in [1.165, 1.54) is 0 Å². The van der Waals surface area contributed by atoms with Gasteiger partial charge in [0.05, 0.1) is 6.10 Å². The van der Waals surface area contributed by atoms with E-state index in [1.54, 1.807) is 0 Å². The molecule has 0 unspecified atom stereocenters. The molecule has 2 heteroatoms. The topological polar surface area (TPSA) is 23.5 Å². The van der Waals surface area contributed by atoms with E-state index in [2.05, 4.69) is 39.5 Å². The van der Waals surface area contributed by atoms with Gasteiger partial charge in [0.15, 0.2) is 0 Å². The molecule has 0 saturated carbocycles. The highest BCUT2D eigenvalue weighted by atomic mass is 16.3. The molecule has 1 rings (SSSR count). The van der Waals surface area contributed by atoms with Gasteiger partial charge in [-0.25, -0.2) is 0 Å². The minimum absolute atomic E-state index is 0.136. The van der Waals surface area contributed by atoms with Gasteiger partial charge < -0.3 is 5.11 Å². The Bertz CT molecular complexity index is 183. The molecular formula is C12H25NO. The van der Waals surface area contributed by atoms with Crippen molar-refractivity contribution in [2.75, 3.05) is 13.1 Å². The molecule has 1 fully saturated rings. The van der Waals surface area contributed by atoms with Gasteiger partial charge in [-0.1, -0.05) is 13.8 Å². The molecule has 1 aliphatic rings. The quantitative estimate of drug-likeness (QED) is 0.699. The number of rotatable bonds is 1. The third-order valence-corrected chi connectivity index (χ3v) is 3.44. The summed E-state index contributed by atoms with van der Waals surface area (Å²) in [7, 11) is 0. The molecule has 0 amide bonds. The second-order valence-corrected chi connectivity index (χ2v) is 5.88. The first-order chi connectivity index (χ1) is 6.32. The van der Waals surface area contributed by atoms with E-state index in [0.29, 0.717) is 11.8 Å². The number of β-amino-alcohol motifs (C(OH)–C–C–N with tert-alkyl or cyclic N) is 1. The summed E-state index contributed by atoms with van der Waals surface area (Å²) in [5.41, 5.74) is 0.197. The van der Waals surface area contributed by atoms with Crippen LogP contribution in [0.1, 0.15) is 41.0 Å². The molecule has 2 atom stereocenters. The predicted molar refractivity (Wildman–Crippen MR) is 60.3 cm³/mol. The summed E-state index contributed by atoms with van der Waals surface area (Å²) < 4.78 is 0. The monoisotopic (exact) mass is 199 g/mol. The first kappa shape index (κ1) is 12.0. The Morgan fingerprint density at radius 1 is 1.29 bits per heavy atom. The van der Waals surface area contributed by atoms with Crippen molar-refractivity contribution in [3.05, 3.63) is 0 Å². The predicted octanol–water partition coefficient (Wildman–Crippen LogP) is 2.12. The average molecular weight is 199 g/mol. The number of aliphatic hydroxyl groups excluding tert-OH is 1. The number of hydrogen-bond acceptors (Lipinski definition) is 2. The van der Waals surface area contributed by atoms with Crippen molar-refractivity contribution >= 4 is 0 Å². The van der Waals surface area contributed by atoms with E-state index in [0.717, 1.165) is 19.5 Å². The van der Waals surface area contributed by atoms with Gasteiger partial charge in [0, 0.05) is 12.1 Å². The summed E-state index contributed by atoms with van der Waals surface area (Å²) in [6.07, 6.45) is 0.999. The normalized spacial score (nSPS) is 31.1. The molecule has 1 heterocycles. The SMILES string of the molecule is CC(C)[C@H]1CCN(C(C)(C)C)C[C@@H]1O. The minimum Gasteiger partial charge on any atom is -0.391 e. The van der Waals surface area contributed by atoms with Gasteiger partial charge in [-0.05, 0) is 45.6 Å². The Morgan fingerprint density at radius 3 is 2.21 bits per heavy atom. The van der Waals surface area contributed by atoms with Crippen molar-refractivity contribution in [1.82, 2.24) is 4.90 Å². The number of piperidine rings is 1. The molecular weight excluding hydrogens is 174 g/mol. The summed E-state index contributed by atoms with van der Waals surface area (Å²) in [5.74, 6) is 1.10. The largest absolute Gasteiger partial charge is 0.391 e. The van der Waals surface area contributed by atoms with Crippen molar-refractivity contribution in [2.45, 2.75) is 52.7 Å². The molecule has 0 aromatic rings. The maximum Gasteiger partial charge on any atom is 0.0698 e. The van der Waals surface area contributed by atoms with E-state index in [4.69, 9.17) is 0 Å². The van der Waals surface area contributed by atoms with Crippen LogP contribution in [-0.2, 0) is 0 Å². The van der Waals surface area contributed by atoms with Crippen LogP contribution < -0.4 is 0 Å². The zero-order valence-corrected chi connectivity index (χ0v) is 10.2. The highest BCUT2D eigenvalue weighted by molar-refractivity contribution is 4.87. The second kappa shape index (κ2) is 4.19. The van der Waals surface area contributed by atoms with E-state index in [1.807, 2.05) is 0 Å². The Kier molecular flexibility index (Phi) is 3.59. The van der Waals surface area contributed by atoms with Crippen LogP contribution in [0.3, 0.4) is 0 Å². The van der Waals surface area contributed by atoms with Gasteiger partial charge in [0.25, 0.3) is 0 Å². The fourth-order valence-electron chi connectivity index (χ4n) is 2.34. The van der Waals surface area contributed by atoms with Crippen molar-refractivity contribution in [3.8, 4) is 0 Å². The molecule has 0 spiro atoms. The van der Waals surface area contributed by atoms with Crippen molar-refractivity contribution in [2.24, 2.45) is 11.8 Å². The van der Waals surface area contributed by atoms with Crippen LogP contribution in [0.2, 0.25) is 0 Å². The van der Waals surface area contributed by atoms with E-state index in [9.17, 15) is 5.11 Å². The van der Waals surface area contributed by atoms with Gasteiger partial charge >= 0.3 is 0 Å². The van der Waals surface area contributed by atoms with Crippen LogP contribution in [0, 0.1) is 11.8 Å². The average Bonchev–Trinajstić information content (AvgIpc) is 2.01. The summed E-state index contributed by atoms with van der Waals surface area (Å²) in [6.45, 7) is 13.0. The lowest BCUT2D eigenvalue weighted by molar-refractivity contribution is -0.0290. The Morgan fingerprint density at radius 2 is 1.86 bits per heavy atom. The summed E-state index contributed by atoms with van der Waals surface area (Å²) in [4.78, 5) is 2.39. The van der Waals surface area contributed by atoms with E-state index >= 15 is 0 Å². The lowest BCUT2D eigenvalue weighted by atomic mass is 9.83. The fourth-order valence-corrected chi connectivity index (χ4v) is 2.34. The molecule has 2 nitrogen and oxygen atoms in total. The van der Waals surface area contributed by atoms with Crippen LogP contribution in [0.25, 0.3) is 0 Å². The fraction of sp³-hybridized carbons (Fsp3) is 1.00. The van der Waals surface area contributed by atoms with E-state index < -0.39 is 0 Å². The third-order valence-electron chi connectivity index (χ3n) is 3.44. The van der Waals surface area contributed by atoms with E-state index in [-0.39, 0.29) is 11.6 Å². The van der Waals surface area contributed by atoms with Crippen molar-refractivity contribution in [1.29, 1.82) is 0 Å². The first-order valence-electron chi connectivity index (χ1n) is 5.75. The lowest BCUT2D eigenvalue weighted by Gasteiger charge is -2.44. The first-order valence-corrected chi connectivity index (χ1v) is 5.75. The van der Waals surface area contributed by atoms with Crippen LogP contribution in [0.4, 0.5) is 0 Å². The van der Waals surface area contributed by atoms with Gasteiger partial charge in [-0.2, -0.15) is 0 Å². The number of hydrogen-bond donors (Lipinski definition) is 1. The Labute approximate surface area is 88.3 Å². The van der Waals surface area contributed by atoms with Gasteiger partial charge in [0.2, 0.25) is 0 Å². The standard InChI is InChI=1S/C12H25NO/c1-9(2)10-6-7-13(8-11(10)14)12(3,4)5/h9-11,14H,6-8H2,1-5H3/t10-,11+/m1/s1. The smallest absolute Gasteiger partial charge is 0.0698 e. The van der Waals surface area contributed by atoms with Crippen LogP contribution >= 0.6 is 0 Å². The number of nitrogens with zero attached hydrogens (tertiary/aromatic N) is 1. The molecule has 0 aromatic carbocycles. The maximum atomic E-state index is 10.0. The molecule has 1 N–H and O–H groups in total. The second-order valence-electron chi connectivity index (χ2n) is 5.88. The molecule has 14 heavy (non-hydrogen) atoms. The molecule has 0 bridgehead atoms. The van der Waals surface area contributed by atoms with Gasteiger partial charge in [0.1, 0.15) is 0 Å². The molecule has 0 radical (unpaired) electrons. The van der Waals surface area contributed by atoms with Crippen molar-refractivity contribution < 1.29 is 5.11 Å². The zero-order chi connectivity index (χ0) is 10.9. The minimum atomic E-state index is -0.136. The summed E-state index contributed by atoms with van der Waals surface area (Å²) in [6, 6.07) is 0. The summed E-state index contributed by atoms with van der Waals surface area (Å²) in [5, 5.41) is 10.0. The van der Waals surface area contributed by atoms with Crippen molar-refractivity contribution in [3.63, 3.8) is 0 Å². The van der Waals surface area contributed by atoms with Crippen LogP contribution in [-0.4, -0.2) is 34.7 Å². The number of likely N-dealkylation sites (tertiary alicyclic amines) is 1. The highest BCUT2D eigenvalue weighted by Gasteiger charge is 2.33. The van der Waals surface area contributed by atoms with Crippen LogP contribution in [0.5, 0.6) is 0 Å². The zero-order valence-electron chi connectivity index (χ0n) is 10.2. The maximum absolute atomic E-state index is 10.0. The van der Waals surface area contributed by atoms with Gasteiger partial charge in [-0.3, -0.25) is 4.90 Å². The number of aliphatic hydroxyl groups is 1. The lowest BCUT2D eigenvalue weighted by Crippen LogP contribution is -2.52. The summed E-state index contributed by atoms with van der Waals surface area (Å²) >= 11 is 0. The van der Waals surface area contributed by atoms with Crippen LogP contribution in [0.15, 0.2) is 0 Å². The Hall–Kier alpha value is -0.0800. The highest BCUT2D eigenvalue weighted by Crippen LogP contribution is 2.28. The molecule has 84 valence electrons. The molecule has 1 aliphatic heterocycles. The molecule has 0 aliphatic carbocycles.